The number of carbonyl (C=O) groups is 2. The number of fused-ring (bicyclic) bond motifs is 3. The van der Waals surface area contributed by atoms with Crippen LogP contribution in [-0.2, 0) is 13.7 Å². The first-order chi connectivity index (χ1) is 34.8. The third kappa shape index (κ3) is 9.61. The third-order valence-electron chi connectivity index (χ3n) is 11.3. The summed E-state index contributed by atoms with van der Waals surface area (Å²) in [6, 6.07) is 46.2. The molecule has 1 atom stereocenters. The van der Waals surface area contributed by atoms with Gasteiger partial charge in [-0.15, -0.1) is 10.2 Å². The molecule has 11 rings (SSSR count). The molecule has 0 bridgehead atoms. The van der Waals surface area contributed by atoms with Crippen molar-refractivity contribution in [2.75, 3.05) is 23.8 Å². The fraction of sp³-hybridized carbons (Fsp3) is 0.0980. The van der Waals surface area contributed by atoms with Gasteiger partial charge in [0.25, 0.3) is 11.8 Å². The third-order valence-corrected chi connectivity index (χ3v) is 11.3. The molecule has 0 saturated carbocycles. The van der Waals surface area contributed by atoms with Crippen molar-refractivity contribution < 1.29 is 28.5 Å². The molecule has 5 N–H and O–H groups in total. The Morgan fingerprint density at radius 1 is 0.704 bits per heavy atom. The second-order valence-corrected chi connectivity index (χ2v) is 15.9. The molecule has 0 saturated heterocycles. The van der Waals surface area contributed by atoms with E-state index >= 15 is 0 Å². The van der Waals surface area contributed by atoms with Crippen molar-refractivity contribution in [2.24, 2.45) is 7.05 Å². The molecule has 10 aromatic rings. The molecule has 0 spiro atoms. The number of tetrazole rings is 2. The SMILES string of the molecule is Cn1c(C(=O)Nc2ccc(C#N)cc2-c2nnn[nH]2)cc2cccc(OCC3COc4ccccc4O3)c21.N#Cc1ccc(NC(=O)c2cc3cccc(OCc4ccccc4)c3[nH]2)c(-c2nnn[nH]2)c1. The van der Waals surface area contributed by atoms with E-state index in [1.807, 2.05) is 91.0 Å². The van der Waals surface area contributed by atoms with Crippen LogP contribution >= 0.6 is 0 Å². The Labute approximate surface area is 402 Å². The van der Waals surface area contributed by atoms with Gasteiger partial charge in [0, 0.05) is 28.9 Å². The molecule has 0 radical (unpaired) electrons. The summed E-state index contributed by atoms with van der Waals surface area (Å²) in [5, 5.41) is 53.5. The van der Waals surface area contributed by atoms with Crippen LogP contribution in [0.5, 0.6) is 23.0 Å². The van der Waals surface area contributed by atoms with E-state index in [-0.39, 0.29) is 24.5 Å². The van der Waals surface area contributed by atoms with Gasteiger partial charge in [-0.05, 0) is 99.2 Å². The fourth-order valence-electron chi connectivity index (χ4n) is 7.91. The smallest absolute Gasteiger partial charge is 0.272 e. The monoisotopic (exact) mass is 942 g/mol. The van der Waals surface area contributed by atoms with Crippen molar-refractivity contribution in [3.05, 3.63) is 168 Å². The van der Waals surface area contributed by atoms with Crippen LogP contribution in [0.2, 0.25) is 0 Å². The van der Waals surface area contributed by atoms with Crippen molar-refractivity contribution in [1.82, 2.24) is 50.8 Å². The summed E-state index contributed by atoms with van der Waals surface area (Å²) in [4.78, 5) is 29.6. The lowest BCUT2D eigenvalue weighted by molar-refractivity contribution is 0.0539. The number of carbonyl (C=O) groups excluding carboxylic acids is 2. The van der Waals surface area contributed by atoms with E-state index in [0.717, 1.165) is 27.4 Å². The zero-order valence-electron chi connectivity index (χ0n) is 37.5. The highest BCUT2D eigenvalue weighted by atomic mass is 16.6. The van der Waals surface area contributed by atoms with Crippen LogP contribution in [0.15, 0.2) is 140 Å². The molecular formula is C51H38N14O6. The zero-order valence-corrected chi connectivity index (χ0v) is 37.5. The van der Waals surface area contributed by atoms with Gasteiger partial charge in [0.05, 0.1) is 45.7 Å². The average Bonchev–Trinajstić information content (AvgIpc) is 4.27. The number of ether oxygens (including phenoxy) is 4. The number of nitrogens with zero attached hydrogens (tertiary/aromatic N) is 9. The summed E-state index contributed by atoms with van der Waals surface area (Å²) in [7, 11) is 1.81. The summed E-state index contributed by atoms with van der Waals surface area (Å²) in [5.74, 6) is 2.67. The minimum Gasteiger partial charge on any atom is -0.487 e. The Kier molecular flexibility index (Phi) is 12.4. The van der Waals surface area contributed by atoms with Crippen LogP contribution in [0.1, 0.15) is 37.7 Å². The lowest BCUT2D eigenvalue weighted by Crippen LogP contribution is -2.34. The highest BCUT2D eigenvalue weighted by Crippen LogP contribution is 2.34. The molecule has 1 aliphatic rings. The molecule has 1 unspecified atom stereocenters. The summed E-state index contributed by atoms with van der Waals surface area (Å²) in [5.41, 5.74) is 6.13. The van der Waals surface area contributed by atoms with Gasteiger partial charge in [0.15, 0.2) is 29.3 Å². The normalized spacial score (nSPS) is 12.5. The number of benzene rings is 6. The highest BCUT2D eigenvalue weighted by Gasteiger charge is 2.24. The Morgan fingerprint density at radius 2 is 1.34 bits per heavy atom. The number of anilines is 2. The van der Waals surface area contributed by atoms with Crippen molar-refractivity contribution in [2.45, 2.75) is 12.7 Å². The topological polar surface area (TPSA) is 272 Å². The second kappa shape index (κ2) is 19.9. The summed E-state index contributed by atoms with van der Waals surface area (Å²) in [6.45, 7) is 1.07. The fourth-order valence-corrected chi connectivity index (χ4v) is 7.91. The van der Waals surface area contributed by atoms with Crippen molar-refractivity contribution in [3.8, 4) is 57.9 Å². The molecule has 2 amide bonds. The summed E-state index contributed by atoms with van der Waals surface area (Å²) < 4.78 is 25.7. The van der Waals surface area contributed by atoms with E-state index in [9.17, 15) is 20.1 Å². The number of aromatic amines is 3. The molecule has 348 valence electrons. The quantitative estimate of drug-likeness (QED) is 0.0784. The second-order valence-electron chi connectivity index (χ2n) is 15.9. The molecule has 4 aromatic heterocycles. The Balaban J connectivity index is 0.000000166. The highest BCUT2D eigenvalue weighted by molar-refractivity contribution is 6.09. The molecule has 5 heterocycles. The van der Waals surface area contributed by atoms with E-state index in [0.29, 0.717) is 92.9 Å². The molecule has 6 aromatic carbocycles. The first kappa shape index (κ1) is 44.5. The molecular weight excluding hydrogens is 905 g/mol. The molecule has 71 heavy (non-hydrogen) atoms. The number of para-hydroxylation sites is 4. The van der Waals surface area contributed by atoms with Crippen LogP contribution in [0.4, 0.5) is 11.4 Å². The number of aromatic nitrogens is 10. The minimum atomic E-state index is -0.348. The van der Waals surface area contributed by atoms with Crippen molar-refractivity contribution in [3.63, 3.8) is 0 Å². The van der Waals surface area contributed by atoms with Gasteiger partial charge < -0.3 is 39.1 Å². The molecule has 0 fully saturated rings. The summed E-state index contributed by atoms with van der Waals surface area (Å²) >= 11 is 0. The van der Waals surface area contributed by atoms with Crippen molar-refractivity contribution in [1.29, 1.82) is 10.5 Å². The first-order valence-corrected chi connectivity index (χ1v) is 21.9. The zero-order chi connectivity index (χ0) is 48.7. The standard InChI is InChI=1S/C27H21N7O4.C24H17N7O2/c1-34-21(27(35)29-20-10-9-16(13-28)11-19(20)26-30-32-33-31-26)12-17-5-4-8-24(25(17)34)37-15-18-14-36-22-6-2-3-7-23(22)38-18;25-13-16-9-10-19(18(11-16)23-28-30-31-29-23)27-24(32)20-12-17-7-4-8-21(22(17)26-20)33-14-15-5-2-1-3-6-15/h2-12,18H,14-15H2,1H3,(H,29,35)(H,30,31,32,33);1-12,26H,14H2,(H,27,32)(H,28,29,30,31). The van der Waals surface area contributed by atoms with Gasteiger partial charge in [0.1, 0.15) is 42.7 Å². The predicted molar refractivity (Wildman–Crippen MR) is 258 cm³/mol. The Hall–Kier alpha value is -10.3. The number of H-pyrrole nitrogens is 3. The number of nitriles is 2. The van der Waals surface area contributed by atoms with Crippen molar-refractivity contribution >= 4 is 45.0 Å². The maximum atomic E-state index is 13.4. The summed E-state index contributed by atoms with van der Waals surface area (Å²) in [6.07, 6.45) is -0.274. The molecule has 1 aliphatic heterocycles. The van der Waals surface area contributed by atoms with E-state index in [1.54, 1.807) is 60.1 Å². The maximum Gasteiger partial charge on any atom is 0.272 e. The average molecular weight is 943 g/mol. The first-order valence-electron chi connectivity index (χ1n) is 21.9. The predicted octanol–water partition coefficient (Wildman–Crippen LogP) is 7.75. The van der Waals surface area contributed by atoms with E-state index in [1.165, 1.54) is 0 Å². The molecule has 0 aliphatic carbocycles. The van der Waals surface area contributed by atoms with Gasteiger partial charge in [-0.2, -0.15) is 10.5 Å². The Morgan fingerprint density at radius 3 is 2.00 bits per heavy atom. The van der Waals surface area contributed by atoms with Crippen LogP contribution in [0.25, 0.3) is 44.6 Å². The van der Waals surface area contributed by atoms with E-state index in [4.69, 9.17) is 18.9 Å². The van der Waals surface area contributed by atoms with Crippen LogP contribution in [-0.4, -0.2) is 81.9 Å². The number of hydrogen-bond donors (Lipinski definition) is 5. The van der Waals surface area contributed by atoms with E-state index < -0.39 is 0 Å². The Bertz CT molecular complexity index is 3630. The van der Waals surface area contributed by atoms with Gasteiger partial charge >= 0.3 is 0 Å². The van der Waals surface area contributed by atoms with Gasteiger partial charge in [-0.1, -0.05) is 66.7 Å². The number of hydrogen-bond acceptors (Lipinski definition) is 14. The molecule has 20 heteroatoms. The molecule has 20 nitrogen and oxygen atoms in total. The largest absolute Gasteiger partial charge is 0.487 e. The van der Waals surface area contributed by atoms with E-state index in [2.05, 4.69) is 69.0 Å². The minimum absolute atomic E-state index is 0.274. The van der Waals surface area contributed by atoms with Gasteiger partial charge in [-0.3, -0.25) is 9.59 Å². The van der Waals surface area contributed by atoms with Gasteiger partial charge in [0.2, 0.25) is 0 Å². The maximum absolute atomic E-state index is 13.4. The lowest BCUT2D eigenvalue weighted by atomic mass is 10.1. The number of rotatable bonds is 12. The number of amides is 2. The van der Waals surface area contributed by atoms with Crippen LogP contribution in [0, 0.1) is 22.7 Å². The lowest BCUT2D eigenvalue weighted by Gasteiger charge is -2.26. The van der Waals surface area contributed by atoms with Crippen LogP contribution < -0.4 is 29.6 Å². The number of aryl methyl sites for hydroxylation is 1. The van der Waals surface area contributed by atoms with Crippen LogP contribution in [0.3, 0.4) is 0 Å². The number of nitrogens with one attached hydrogen (secondary N) is 5. The van der Waals surface area contributed by atoms with Gasteiger partial charge in [-0.25, -0.2) is 10.2 Å².